The fourth-order valence-electron chi connectivity index (χ4n) is 2.33. The Balaban J connectivity index is 2.21. The molecule has 3 nitrogen and oxygen atoms in total. The molecule has 0 aromatic heterocycles. The molecule has 0 radical (unpaired) electrons. The Kier molecular flexibility index (Phi) is 4.16. The first-order valence-corrected chi connectivity index (χ1v) is 6.70. The maximum absolute atomic E-state index is 14.0. The maximum atomic E-state index is 14.0. The molecule has 0 bridgehead atoms. The topological polar surface area (TPSA) is 46.2 Å². The highest BCUT2D eigenvalue weighted by atomic mass is 19.1. The van der Waals surface area contributed by atoms with Crippen LogP contribution in [0.5, 0.6) is 0 Å². The molecule has 1 aromatic carbocycles. The van der Waals surface area contributed by atoms with Gasteiger partial charge >= 0.3 is 0 Å². The molecule has 1 saturated heterocycles. The van der Waals surface area contributed by atoms with E-state index in [1.54, 1.807) is 0 Å². The summed E-state index contributed by atoms with van der Waals surface area (Å²) in [6.45, 7) is 3.71. The van der Waals surface area contributed by atoms with Gasteiger partial charge in [0, 0.05) is 17.9 Å². The van der Waals surface area contributed by atoms with Gasteiger partial charge in [-0.25, -0.2) is 8.78 Å². The van der Waals surface area contributed by atoms with E-state index in [1.165, 1.54) is 12.1 Å². The molecule has 0 aliphatic carbocycles. The van der Waals surface area contributed by atoms with Crippen LogP contribution >= 0.6 is 0 Å². The summed E-state index contributed by atoms with van der Waals surface area (Å²) in [5, 5.41) is 2.20. The highest BCUT2D eigenvalue weighted by Gasteiger charge is 2.28. The minimum atomic E-state index is -0.626. The van der Waals surface area contributed by atoms with Crippen molar-refractivity contribution in [3.8, 4) is 0 Å². The first-order valence-electron chi connectivity index (χ1n) is 6.70. The Morgan fingerprint density at radius 2 is 1.85 bits per heavy atom. The molecule has 2 rings (SSSR count). The normalized spacial score (nSPS) is 19.4. The van der Waals surface area contributed by atoms with Gasteiger partial charge in [0.05, 0.1) is 0 Å². The minimum Gasteiger partial charge on any atom is -0.296 e. The molecule has 0 saturated carbocycles. The second-order valence-corrected chi connectivity index (χ2v) is 5.47. The van der Waals surface area contributed by atoms with Gasteiger partial charge in [-0.15, -0.1) is 0 Å². The van der Waals surface area contributed by atoms with E-state index in [4.69, 9.17) is 0 Å². The highest BCUT2D eigenvalue weighted by molar-refractivity contribution is 5.98. The minimum absolute atomic E-state index is 0.0187. The molecule has 1 aliphatic rings. The van der Waals surface area contributed by atoms with Crippen LogP contribution in [0.4, 0.5) is 8.78 Å². The number of hydrogen-bond donors (Lipinski definition) is 1. The summed E-state index contributed by atoms with van der Waals surface area (Å²) in [4.78, 5) is 22.7. The number of carbonyl (C=O) groups is 2. The summed E-state index contributed by atoms with van der Waals surface area (Å²) in [6, 6.07) is 2.63. The van der Waals surface area contributed by atoms with Crippen LogP contribution in [0.25, 0.3) is 0 Å². The van der Waals surface area contributed by atoms with Crippen LogP contribution < -0.4 is 5.32 Å². The van der Waals surface area contributed by atoms with Gasteiger partial charge < -0.3 is 0 Å². The van der Waals surface area contributed by atoms with E-state index in [0.717, 1.165) is 0 Å². The molecule has 1 unspecified atom stereocenters. The van der Waals surface area contributed by atoms with Gasteiger partial charge in [0.15, 0.2) is 0 Å². The summed E-state index contributed by atoms with van der Waals surface area (Å²) in [6.07, 6.45) is 0.522. The summed E-state index contributed by atoms with van der Waals surface area (Å²) < 4.78 is 28.0. The van der Waals surface area contributed by atoms with Crippen LogP contribution in [0.15, 0.2) is 12.1 Å². The molecule has 1 N–H and O–H groups in total. The Labute approximate surface area is 116 Å². The van der Waals surface area contributed by atoms with E-state index in [0.29, 0.717) is 12.0 Å². The summed E-state index contributed by atoms with van der Waals surface area (Å²) in [5.41, 5.74) is 0.510. The molecule has 1 fully saturated rings. The third kappa shape index (κ3) is 3.03. The molecule has 1 aliphatic heterocycles. The summed E-state index contributed by atoms with van der Waals surface area (Å²) >= 11 is 0. The van der Waals surface area contributed by atoms with Crippen molar-refractivity contribution in [3.05, 3.63) is 34.9 Å². The zero-order valence-corrected chi connectivity index (χ0v) is 11.5. The largest absolute Gasteiger partial charge is 0.296 e. The first kappa shape index (κ1) is 14.6. The van der Waals surface area contributed by atoms with Crippen molar-refractivity contribution in [3.63, 3.8) is 0 Å². The van der Waals surface area contributed by atoms with Gasteiger partial charge in [-0.05, 0) is 36.5 Å². The van der Waals surface area contributed by atoms with Gasteiger partial charge in [0.25, 0.3) is 0 Å². The van der Waals surface area contributed by atoms with Gasteiger partial charge in [-0.3, -0.25) is 14.9 Å². The van der Waals surface area contributed by atoms with Crippen molar-refractivity contribution in [2.24, 2.45) is 5.92 Å². The van der Waals surface area contributed by atoms with Crippen molar-refractivity contribution >= 4 is 11.8 Å². The molecule has 1 heterocycles. The molecule has 0 spiro atoms. The number of piperidine rings is 1. The molecule has 1 aromatic rings. The summed E-state index contributed by atoms with van der Waals surface area (Å²) in [7, 11) is 0. The van der Waals surface area contributed by atoms with E-state index in [-0.39, 0.29) is 30.2 Å². The smallest absolute Gasteiger partial charge is 0.230 e. The molecule has 20 heavy (non-hydrogen) atoms. The molecule has 1 atom stereocenters. The van der Waals surface area contributed by atoms with E-state index in [1.807, 2.05) is 13.8 Å². The second-order valence-electron chi connectivity index (χ2n) is 5.47. The van der Waals surface area contributed by atoms with Crippen LogP contribution in [-0.4, -0.2) is 11.8 Å². The van der Waals surface area contributed by atoms with Gasteiger partial charge in [-0.1, -0.05) is 13.8 Å². The lowest BCUT2D eigenvalue weighted by Gasteiger charge is -2.21. The fourth-order valence-corrected chi connectivity index (χ4v) is 2.33. The van der Waals surface area contributed by atoms with Gasteiger partial charge in [-0.2, -0.15) is 0 Å². The Morgan fingerprint density at radius 1 is 1.25 bits per heavy atom. The molecular formula is C15H17F2NO2. The average molecular weight is 281 g/mol. The van der Waals surface area contributed by atoms with Crippen molar-refractivity contribution in [2.45, 2.75) is 39.0 Å². The van der Waals surface area contributed by atoms with Crippen molar-refractivity contribution in [1.82, 2.24) is 5.32 Å². The lowest BCUT2D eigenvalue weighted by Crippen LogP contribution is -2.41. The number of nitrogens with one attached hydrogen (secondary N) is 1. The predicted octanol–water partition coefficient (Wildman–Crippen LogP) is 2.68. The molecule has 108 valence electrons. The number of hydrogen-bond acceptors (Lipinski definition) is 2. The van der Waals surface area contributed by atoms with E-state index >= 15 is 0 Å². The molecule has 5 heteroatoms. The number of amides is 2. The number of halogens is 2. The Hall–Kier alpha value is -1.78. The Morgan fingerprint density at radius 3 is 2.35 bits per heavy atom. The second kappa shape index (κ2) is 5.69. The third-order valence-corrected chi connectivity index (χ3v) is 3.63. The van der Waals surface area contributed by atoms with Crippen molar-refractivity contribution in [1.29, 1.82) is 0 Å². The quantitative estimate of drug-likeness (QED) is 0.866. The fraction of sp³-hybridized carbons (Fsp3) is 0.467. The van der Waals surface area contributed by atoms with Crippen LogP contribution in [0, 0.1) is 17.6 Å². The van der Waals surface area contributed by atoms with Gasteiger partial charge in [0.1, 0.15) is 11.6 Å². The Bertz CT molecular complexity index is 532. The number of benzene rings is 1. The van der Waals surface area contributed by atoms with Crippen LogP contribution in [0.3, 0.4) is 0 Å². The monoisotopic (exact) mass is 281 g/mol. The predicted molar refractivity (Wildman–Crippen MR) is 70.0 cm³/mol. The van der Waals surface area contributed by atoms with E-state index in [9.17, 15) is 18.4 Å². The zero-order valence-electron chi connectivity index (χ0n) is 11.5. The molecule has 2 amide bonds. The van der Waals surface area contributed by atoms with Crippen LogP contribution in [-0.2, 0) is 16.0 Å². The lowest BCUT2D eigenvalue weighted by atomic mass is 9.89. The average Bonchev–Trinajstić information content (AvgIpc) is 2.35. The van der Waals surface area contributed by atoms with Crippen LogP contribution in [0.1, 0.15) is 43.7 Å². The van der Waals surface area contributed by atoms with Crippen molar-refractivity contribution < 1.29 is 18.4 Å². The third-order valence-electron chi connectivity index (χ3n) is 3.63. The molecular weight excluding hydrogens is 264 g/mol. The van der Waals surface area contributed by atoms with E-state index in [2.05, 4.69) is 5.32 Å². The first-order chi connectivity index (χ1) is 9.38. The standard InChI is InChI=1S/C15H17F2NO2/c1-8(2)10-6-12(16)11(13(17)7-10)5-9-3-4-14(19)18-15(9)20/h6-9H,3-5H2,1-2H3,(H,18,19,20). The number of imide groups is 1. The number of carbonyl (C=O) groups excluding carboxylic acids is 2. The summed E-state index contributed by atoms with van der Waals surface area (Å²) in [5.74, 6) is -2.56. The number of rotatable bonds is 3. The van der Waals surface area contributed by atoms with Crippen LogP contribution in [0.2, 0.25) is 0 Å². The zero-order chi connectivity index (χ0) is 14.9. The van der Waals surface area contributed by atoms with E-state index < -0.39 is 23.5 Å². The highest BCUT2D eigenvalue weighted by Crippen LogP contribution is 2.25. The van der Waals surface area contributed by atoms with Crippen molar-refractivity contribution in [2.75, 3.05) is 0 Å². The maximum Gasteiger partial charge on any atom is 0.230 e. The lowest BCUT2D eigenvalue weighted by molar-refractivity contribution is -0.136. The SMILES string of the molecule is CC(C)c1cc(F)c(CC2CCC(=O)NC2=O)c(F)c1. The van der Waals surface area contributed by atoms with Gasteiger partial charge in [0.2, 0.25) is 11.8 Å².